The van der Waals surface area contributed by atoms with E-state index in [0.717, 1.165) is 53.9 Å². The molecule has 0 atom stereocenters. The second kappa shape index (κ2) is 9.31. The molecule has 0 amide bonds. The Morgan fingerprint density at radius 1 is 0.969 bits per heavy atom. The number of allylic oxidation sites excluding steroid dienone is 1. The molecule has 1 aliphatic carbocycles. The van der Waals surface area contributed by atoms with E-state index in [9.17, 15) is 9.90 Å². The van der Waals surface area contributed by atoms with Crippen molar-refractivity contribution in [1.82, 2.24) is 0 Å². The molecule has 4 rings (SSSR count). The van der Waals surface area contributed by atoms with Crippen molar-refractivity contribution in [1.29, 1.82) is 0 Å². The molecule has 3 aromatic carbocycles. The predicted molar refractivity (Wildman–Crippen MR) is 128 cm³/mol. The Kier molecular flexibility index (Phi) is 6.31. The molecule has 1 N–H and O–H groups in total. The lowest BCUT2D eigenvalue weighted by Gasteiger charge is -2.12. The molecule has 0 radical (unpaired) electrons. The van der Waals surface area contributed by atoms with Gasteiger partial charge >= 0.3 is 5.97 Å². The van der Waals surface area contributed by atoms with Gasteiger partial charge in [-0.15, -0.1) is 0 Å². The summed E-state index contributed by atoms with van der Waals surface area (Å²) in [6, 6.07) is 18.2. The molecular weight excluding hydrogens is 400 g/mol. The molecular formula is C28H28O4. The van der Waals surface area contributed by atoms with Crippen molar-refractivity contribution in [2.75, 3.05) is 14.2 Å². The first-order valence-electron chi connectivity index (χ1n) is 10.9. The number of aromatic carboxylic acids is 1. The second-order valence-electron chi connectivity index (χ2n) is 8.22. The van der Waals surface area contributed by atoms with Crippen LogP contribution in [0.15, 0.2) is 54.6 Å². The first kappa shape index (κ1) is 21.7. The van der Waals surface area contributed by atoms with Crippen LogP contribution in [0.1, 0.15) is 50.2 Å². The van der Waals surface area contributed by atoms with Gasteiger partial charge in [0.05, 0.1) is 19.8 Å². The fraction of sp³-hybridized carbons (Fsp3) is 0.250. The minimum Gasteiger partial charge on any atom is -0.497 e. The summed E-state index contributed by atoms with van der Waals surface area (Å²) in [5, 5.41) is 9.26. The highest BCUT2D eigenvalue weighted by Crippen LogP contribution is 2.37. The van der Waals surface area contributed by atoms with Gasteiger partial charge in [-0.1, -0.05) is 36.4 Å². The third kappa shape index (κ3) is 4.54. The van der Waals surface area contributed by atoms with E-state index < -0.39 is 5.97 Å². The summed E-state index contributed by atoms with van der Waals surface area (Å²) in [6.45, 7) is 1.86. The topological polar surface area (TPSA) is 55.8 Å². The van der Waals surface area contributed by atoms with Crippen molar-refractivity contribution in [2.45, 2.75) is 32.6 Å². The SMILES string of the molecule is COc1cc(/C=C2\CCc3cccc(CCc4ccc(C(=O)O)c(C)c4)c32)cc(OC)c1. The number of rotatable bonds is 7. The van der Waals surface area contributed by atoms with Gasteiger partial charge in [0.25, 0.3) is 0 Å². The average Bonchev–Trinajstić information content (AvgIpc) is 3.20. The van der Waals surface area contributed by atoms with Crippen LogP contribution in [0, 0.1) is 6.92 Å². The predicted octanol–water partition coefficient (Wildman–Crippen LogP) is 5.98. The van der Waals surface area contributed by atoms with Crippen molar-refractivity contribution in [3.05, 3.63) is 93.5 Å². The number of ether oxygens (including phenoxy) is 2. The van der Waals surface area contributed by atoms with Crippen LogP contribution >= 0.6 is 0 Å². The van der Waals surface area contributed by atoms with Crippen LogP contribution in [-0.2, 0) is 19.3 Å². The number of fused-ring (bicyclic) bond motifs is 1. The van der Waals surface area contributed by atoms with E-state index in [1.165, 1.54) is 22.3 Å². The van der Waals surface area contributed by atoms with Gasteiger partial charge in [0.15, 0.2) is 0 Å². The molecule has 164 valence electrons. The van der Waals surface area contributed by atoms with Crippen molar-refractivity contribution in [3.63, 3.8) is 0 Å². The lowest BCUT2D eigenvalue weighted by molar-refractivity contribution is 0.0696. The van der Waals surface area contributed by atoms with E-state index in [1.54, 1.807) is 20.3 Å². The summed E-state index contributed by atoms with van der Waals surface area (Å²) in [6.07, 6.45) is 6.08. The molecule has 0 unspecified atom stereocenters. The van der Waals surface area contributed by atoms with Gasteiger partial charge in [0, 0.05) is 6.07 Å². The summed E-state index contributed by atoms with van der Waals surface area (Å²) in [5.41, 5.74) is 8.82. The number of hydrogen-bond donors (Lipinski definition) is 1. The zero-order valence-corrected chi connectivity index (χ0v) is 18.8. The van der Waals surface area contributed by atoms with Gasteiger partial charge in [0.1, 0.15) is 11.5 Å². The third-order valence-electron chi connectivity index (χ3n) is 6.14. The molecule has 32 heavy (non-hydrogen) atoms. The largest absolute Gasteiger partial charge is 0.497 e. The highest BCUT2D eigenvalue weighted by atomic mass is 16.5. The van der Waals surface area contributed by atoms with Crippen LogP contribution in [0.2, 0.25) is 0 Å². The lowest BCUT2D eigenvalue weighted by Crippen LogP contribution is -2.01. The van der Waals surface area contributed by atoms with E-state index in [0.29, 0.717) is 5.56 Å². The molecule has 0 aliphatic heterocycles. The summed E-state index contributed by atoms with van der Waals surface area (Å²) in [4.78, 5) is 11.3. The fourth-order valence-corrected chi connectivity index (χ4v) is 4.54. The number of methoxy groups -OCH3 is 2. The van der Waals surface area contributed by atoms with Crippen molar-refractivity contribution in [2.24, 2.45) is 0 Å². The molecule has 0 fully saturated rings. The Morgan fingerprint density at radius 2 is 1.72 bits per heavy atom. The number of carboxylic acid groups (broad SMARTS) is 1. The normalized spacial score (nSPS) is 13.8. The fourth-order valence-electron chi connectivity index (χ4n) is 4.54. The highest BCUT2D eigenvalue weighted by Gasteiger charge is 2.20. The van der Waals surface area contributed by atoms with Gasteiger partial charge in [-0.3, -0.25) is 0 Å². The molecule has 0 bridgehead atoms. The first-order valence-corrected chi connectivity index (χ1v) is 10.9. The highest BCUT2D eigenvalue weighted by molar-refractivity contribution is 5.89. The van der Waals surface area contributed by atoms with E-state index in [4.69, 9.17) is 9.47 Å². The maximum atomic E-state index is 11.3. The van der Waals surface area contributed by atoms with Crippen LogP contribution in [0.5, 0.6) is 11.5 Å². The van der Waals surface area contributed by atoms with Crippen LogP contribution in [0.4, 0.5) is 0 Å². The Labute approximate surface area is 189 Å². The Balaban J connectivity index is 1.62. The number of benzene rings is 3. The quantitative estimate of drug-likeness (QED) is 0.503. The number of carboxylic acids is 1. The average molecular weight is 429 g/mol. The summed E-state index contributed by atoms with van der Waals surface area (Å²) >= 11 is 0. The number of carbonyl (C=O) groups is 1. The van der Waals surface area contributed by atoms with Gasteiger partial charge in [-0.05, 0) is 89.8 Å². The van der Waals surface area contributed by atoms with Crippen LogP contribution in [0.3, 0.4) is 0 Å². The zero-order valence-electron chi connectivity index (χ0n) is 18.8. The second-order valence-corrected chi connectivity index (χ2v) is 8.22. The van der Waals surface area contributed by atoms with Crippen LogP contribution in [-0.4, -0.2) is 25.3 Å². The van der Waals surface area contributed by atoms with E-state index in [1.807, 2.05) is 37.3 Å². The number of hydrogen-bond acceptors (Lipinski definition) is 3. The maximum Gasteiger partial charge on any atom is 0.335 e. The van der Waals surface area contributed by atoms with Gasteiger partial charge < -0.3 is 14.6 Å². The van der Waals surface area contributed by atoms with Crippen molar-refractivity contribution >= 4 is 17.6 Å². The molecule has 4 heteroatoms. The Hall–Kier alpha value is -3.53. The minimum atomic E-state index is -0.876. The lowest BCUT2D eigenvalue weighted by atomic mass is 9.93. The summed E-state index contributed by atoms with van der Waals surface area (Å²) < 4.78 is 10.9. The van der Waals surface area contributed by atoms with E-state index in [-0.39, 0.29) is 0 Å². The molecule has 4 nitrogen and oxygen atoms in total. The van der Waals surface area contributed by atoms with Crippen LogP contribution in [0.25, 0.3) is 11.6 Å². The molecule has 0 aromatic heterocycles. The standard InChI is InChI=1S/C28H28O4/c1-18-13-19(8-12-26(18)28(29)30)7-9-21-5-4-6-22-10-11-23(27(21)22)14-20-15-24(31-2)17-25(16-20)32-3/h4-6,8,12-17H,7,9-11H2,1-3H3,(H,29,30)/b23-14+. The number of aryl methyl sites for hydroxylation is 4. The maximum absolute atomic E-state index is 11.3. The van der Waals surface area contributed by atoms with E-state index >= 15 is 0 Å². The Bertz CT molecular complexity index is 1170. The smallest absolute Gasteiger partial charge is 0.335 e. The molecule has 0 spiro atoms. The molecule has 1 aliphatic rings. The van der Waals surface area contributed by atoms with Crippen LogP contribution < -0.4 is 9.47 Å². The van der Waals surface area contributed by atoms with Crippen molar-refractivity contribution < 1.29 is 19.4 Å². The molecule has 0 saturated heterocycles. The minimum absolute atomic E-state index is 0.369. The van der Waals surface area contributed by atoms with Gasteiger partial charge in [-0.2, -0.15) is 0 Å². The monoisotopic (exact) mass is 428 g/mol. The van der Waals surface area contributed by atoms with Crippen molar-refractivity contribution in [3.8, 4) is 11.5 Å². The zero-order chi connectivity index (χ0) is 22.7. The van der Waals surface area contributed by atoms with Gasteiger partial charge in [-0.25, -0.2) is 4.79 Å². The van der Waals surface area contributed by atoms with Gasteiger partial charge in [0.2, 0.25) is 0 Å². The first-order chi connectivity index (χ1) is 15.5. The molecule has 3 aromatic rings. The third-order valence-corrected chi connectivity index (χ3v) is 6.14. The Morgan fingerprint density at radius 3 is 2.38 bits per heavy atom. The molecule has 0 saturated carbocycles. The summed E-state index contributed by atoms with van der Waals surface area (Å²) in [7, 11) is 3.33. The molecule has 0 heterocycles. The van der Waals surface area contributed by atoms with E-state index in [2.05, 4.69) is 24.3 Å². The summed E-state index contributed by atoms with van der Waals surface area (Å²) in [5.74, 6) is 0.685.